The number of rotatable bonds is 2. The maximum Gasteiger partial charge on any atom is 0.104 e. The molecule has 0 aliphatic rings. The Bertz CT molecular complexity index is 155. The van der Waals surface area contributed by atoms with E-state index in [4.69, 9.17) is 4.42 Å². The predicted molar refractivity (Wildman–Crippen MR) is 40.9 cm³/mol. The van der Waals surface area contributed by atoms with Crippen LogP contribution in [-0.2, 0) is 6.42 Å². The van der Waals surface area contributed by atoms with E-state index in [9.17, 15) is 0 Å². The summed E-state index contributed by atoms with van der Waals surface area (Å²) in [5.41, 5.74) is 0. The molecule has 50 valence electrons. The maximum atomic E-state index is 5.10. The van der Waals surface area contributed by atoms with Gasteiger partial charge in [-0.2, -0.15) is 12.6 Å². The molecule has 9 heavy (non-hydrogen) atoms. The van der Waals surface area contributed by atoms with Crippen LogP contribution in [0.15, 0.2) is 22.8 Å². The van der Waals surface area contributed by atoms with Gasteiger partial charge in [-0.1, -0.05) is 6.92 Å². The fourth-order valence-electron chi connectivity index (χ4n) is 0.720. The summed E-state index contributed by atoms with van der Waals surface area (Å²) in [4.78, 5) is 0. The molecule has 0 radical (unpaired) electrons. The molecule has 0 saturated heterocycles. The molecular formula is C7H10OS. The van der Waals surface area contributed by atoms with Crippen LogP contribution in [0.25, 0.3) is 0 Å². The highest BCUT2D eigenvalue weighted by Crippen LogP contribution is 2.06. The molecule has 0 bridgehead atoms. The first-order chi connectivity index (χ1) is 4.29. The molecule has 1 unspecified atom stereocenters. The van der Waals surface area contributed by atoms with Crippen LogP contribution < -0.4 is 0 Å². The average molecular weight is 142 g/mol. The van der Waals surface area contributed by atoms with Gasteiger partial charge in [0.05, 0.1) is 6.26 Å². The van der Waals surface area contributed by atoms with Crippen molar-refractivity contribution in [3.8, 4) is 0 Å². The van der Waals surface area contributed by atoms with E-state index in [-0.39, 0.29) is 0 Å². The molecule has 0 amide bonds. The smallest absolute Gasteiger partial charge is 0.104 e. The second kappa shape index (κ2) is 2.97. The summed E-state index contributed by atoms with van der Waals surface area (Å²) in [6.07, 6.45) is 2.60. The second-order valence-corrected chi connectivity index (χ2v) is 3.01. The molecule has 0 aromatic carbocycles. The molecular weight excluding hydrogens is 132 g/mol. The average Bonchev–Trinajstić information content (AvgIpc) is 2.15. The van der Waals surface area contributed by atoms with Crippen LogP contribution in [0.2, 0.25) is 0 Å². The zero-order valence-corrected chi connectivity index (χ0v) is 6.27. The molecule has 0 N–H and O–H groups in total. The molecule has 1 nitrogen and oxygen atoms in total. The van der Waals surface area contributed by atoms with E-state index < -0.39 is 0 Å². The van der Waals surface area contributed by atoms with Crippen LogP contribution in [0, 0.1) is 0 Å². The molecule has 0 aliphatic heterocycles. The summed E-state index contributed by atoms with van der Waals surface area (Å²) in [6.45, 7) is 2.05. The van der Waals surface area contributed by atoms with Crippen LogP contribution in [0.4, 0.5) is 0 Å². The van der Waals surface area contributed by atoms with Crippen molar-refractivity contribution in [2.24, 2.45) is 0 Å². The van der Waals surface area contributed by atoms with Crippen molar-refractivity contribution < 1.29 is 4.42 Å². The lowest BCUT2D eigenvalue weighted by Crippen LogP contribution is -1.94. The normalized spacial score (nSPS) is 13.6. The highest BCUT2D eigenvalue weighted by Gasteiger charge is 1.98. The standard InChI is InChI=1S/C7H10OS/c1-6(9)5-7-3-2-4-8-7/h2-4,6,9H,5H2,1H3. The quantitative estimate of drug-likeness (QED) is 0.624. The van der Waals surface area contributed by atoms with E-state index in [2.05, 4.69) is 12.6 Å². The summed E-state index contributed by atoms with van der Waals surface area (Å²) in [5, 5.41) is 0.385. The fraction of sp³-hybridized carbons (Fsp3) is 0.429. The van der Waals surface area contributed by atoms with Crippen molar-refractivity contribution >= 4 is 12.6 Å². The Kier molecular flexibility index (Phi) is 2.22. The summed E-state index contributed by atoms with van der Waals surface area (Å²) < 4.78 is 5.10. The van der Waals surface area contributed by atoms with Crippen molar-refractivity contribution in [1.29, 1.82) is 0 Å². The molecule has 1 aromatic rings. The van der Waals surface area contributed by atoms with Crippen molar-refractivity contribution in [1.82, 2.24) is 0 Å². The number of furan rings is 1. The first kappa shape index (κ1) is 6.75. The van der Waals surface area contributed by atoms with Gasteiger partial charge in [0.25, 0.3) is 0 Å². The van der Waals surface area contributed by atoms with Crippen LogP contribution in [-0.4, -0.2) is 5.25 Å². The Morgan fingerprint density at radius 1 is 1.78 bits per heavy atom. The van der Waals surface area contributed by atoms with Gasteiger partial charge in [-0.15, -0.1) is 0 Å². The third-order valence-electron chi connectivity index (χ3n) is 1.08. The van der Waals surface area contributed by atoms with Gasteiger partial charge < -0.3 is 4.42 Å². The van der Waals surface area contributed by atoms with Crippen molar-refractivity contribution in [3.05, 3.63) is 24.2 Å². The zero-order valence-electron chi connectivity index (χ0n) is 5.37. The van der Waals surface area contributed by atoms with Gasteiger partial charge in [-0.3, -0.25) is 0 Å². The van der Waals surface area contributed by atoms with Gasteiger partial charge in [0, 0.05) is 11.7 Å². The number of hydrogen-bond donors (Lipinski definition) is 1. The molecule has 0 fully saturated rings. The minimum Gasteiger partial charge on any atom is -0.469 e. The van der Waals surface area contributed by atoms with Crippen LogP contribution in [0.5, 0.6) is 0 Å². The summed E-state index contributed by atoms with van der Waals surface area (Å²) in [7, 11) is 0. The Hall–Kier alpha value is -0.370. The van der Waals surface area contributed by atoms with E-state index in [0.717, 1.165) is 12.2 Å². The molecule has 0 spiro atoms. The predicted octanol–water partition coefficient (Wildman–Crippen LogP) is 2.14. The minimum absolute atomic E-state index is 0.385. The number of thiol groups is 1. The fourth-order valence-corrected chi connectivity index (χ4v) is 0.900. The van der Waals surface area contributed by atoms with Crippen molar-refractivity contribution in [3.63, 3.8) is 0 Å². The lowest BCUT2D eigenvalue weighted by atomic mass is 10.3. The van der Waals surface area contributed by atoms with Crippen molar-refractivity contribution in [2.45, 2.75) is 18.6 Å². The Labute approximate surface area is 60.5 Å². The lowest BCUT2D eigenvalue weighted by Gasteiger charge is -1.97. The van der Waals surface area contributed by atoms with Gasteiger partial charge in [0.2, 0.25) is 0 Å². The van der Waals surface area contributed by atoms with Gasteiger partial charge in [-0.25, -0.2) is 0 Å². The van der Waals surface area contributed by atoms with Gasteiger partial charge in [-0.05, 0) is 12.1 Å². The highest BCUT2D eigenvalue weighted by molar-refractivity contribution is 7.80. The lowest BCUT2D eigenvalue weighted by molar-refractivity contribution is 0.508. The molecule has 1 aromatic heterocycles. The SMILES string of the molecule is CC(S)Cc1ccco1. The van der Waals surface area contributed by atoms with Gasteiger partial charge in [0.15, 0.2) is 0 Å². The van der Waals surface area contributed by atoms with E-state index in [1.807, 2.05) is 19.1 Å². The molecule has 0 saturated carbocycles. The molecule has 2 heteroatoms. The Balaban J connectivity index is 2.48. The third-order valence-corrected chi connectivity index (χ3v) is 1.26. The highest BCUT2D eigenvalue weighted by atomic mass is 32.1. The van der Waals surface area contributed by atoms with Crippen molar-refractivity contribution in [2.75, 3.05) is 0 Å². The Morgan fingerprint density at radius 3 is 3.00 bits per heavy atom. The molecule has 1 rings (SSSR count). The summed E-state index contributed by atoms with van der Waals surface area (Å²) >= 11 is 4.22. The van der Waals surface area contributed by atoms with E-state index in [1.54, 1.807) is 6.26 Å². The van der Waals surface area contributed by atoms with Crippen LogP contribution in [0.3, 0.4) is 0 Å². The molecule has 1 atom stereocenters. The zero-order chi connectivity index (χ0) is 6.69. The van der Waals surface area contributed by atoms with E-state index >= 15 is 0 Å². The Morgan fingerprint density at radius 2 is 2.56 bits per heavy atom. The minimum atomic E-state index is 0.385. The van der Waals surface area contributed by atoms with Crippen LogP contribution in [0.1, 0.15) is 12.7 Å². The molecule has 0 aliphatic carbocycles. The van der Waals surface area contributed by atoms with Gasteiger partial charge in [0.1, 0.15) is 5.76 Å². The summed E-state index contributed by atoms with van der Waals surface area (Å²) in [6, 6.07) is 3.86. The van der Waals surface area contributed by atoms with E-state index in [1.165, 1.54) is 0 Å². The monoisotopic (exact) mass is 142 g/mol. The first-order valence-corrected chi connectivity index (χ1v) is 3.51. The third kappa shape index (κ3) is 2.14. The topological polar surface area (TPSA) is 13.1 Å². The van der Waals surface area contributed by atoms with Crippen LogP contribution >= 0.6 is 12.6 Å². The second-order valence-electron chi connectivity index (χ2n) is 2.13. The van der Waals surface area contributed by atoms with E-state index in [0.29, 0.717) is 5.25 Å². The van der Waals surface area contributed by atoms with Gasteiger partial charge >= 0.3 is 0 Å². The molecule has 1 heterocycles. The maximum absolute atomic E-state index is 5.10. The summed E-state index contributed by atoms with van der Waals surface area (Å²) in [5.74, 6) is 1.01. The largest absolute Gasteiger partial charge is 0.469 e. The first-order valence-electron chi connectivity index (χ1n) is 2.99. The number of hydrogen-bond acceptors (Lipinski definition) is 2.